The van der Waals surface area contributed by atoms with Gasteiger partial charge < -0.3 is 10.4 Å². The summed E-state index contributed by atoms with van der Waals surface area (Å²) in [5.74, 6) is -1.93. The van der Waals surface area contributed by atoms with E-state index in [1.54, 1.807) is 6.07 Å². The van der Waals surface area contributed by atoms with E-state index < -0.39 is 17.7 Å². The van der Waals surface area contributed by atoms with Gasteiger partial charge in [0.2, 0.25) is 0 Å². The maximum absolute atomic E-state index is 12.9. The molecule has 4 nitrogen and oxygen atoms in total. The van der Waals surface area contributed by atoms with E-state index in [9.17, 15) is 14.0 Å². The monoisotopic (exact) mass is 259 g/mol. The van der Waals surface area contributed by atoms with E-state index in [4.69, 9.17) is 5.11 Å². The second-order valence-corrected chi connectivity index (χ2v) is 3.85. The van der Waals surface area contributed by atoms with Gasteiger partial charge in [-0.15, -0.1) is 0 Å². The first kappa shape index (κ1) is 12.8. The first-order chi connectivity index (χ1) is 9.06. The van der Waals surface area contributed by atoms with Gasteiger partial charge in [-0.05, 0) is 42.5 Å². The molecule has 19 heavy (non-hydrogen) atoms. The van der Waals surface area contributed by atoms with E-state index in [0.29, 0.717) is 11.3 Å². The molecule has 2 aromatic carbocycles. The van der Waals surface area contributed by atoms with Gasteiger partial charge in [0.05, 0.1) is 5.56 Å². The number of carboxylic acid groups (broad SMARTS) is 1. The van der Waals surface area contributed by atoms with E-state index in [-0.39, 0.29) is 5.56 Å². The van der Waals surface area contributed by atoms with Crippen LogP contribution in [0.25, 0.3) is 0 Å². The summed E-state index contributed by atoms with van der Waals surface area (Å²) in [6.45, 7) is 0. The van der Waals surface area contributed by atoms with Crippen molar-refractivity contribution in [2.45, 2.75) is 0 Å². The Morgan fingerprint density at radius 3 is 2.21 bits per heavy atom. The van der Waals surface area contributed by atoms with Crippen molar-refractivity contribution >= 4 is 17.6 Å². The molecule has 96 valence electrons. The minimum Gasteiger partial charge on any atom is -0.478 e. The number of rotatable bonds is 3. The molecule has 0 aliphatic heterocycles. The topological polar surface area (TPSA) is 66.4 Å². The van der Waals surface area contributed by atoms with Crippen LogP contribution in [-0.4, -0.2) is 17.0 Å². The molecule has 0 aromatic heterocycles. The van der Waals surface area contributed by atoms with E-state index in [0.717, 1.165) is 0 Å². The fourth-order valence-corrected chi connectivity index (χ4v) is 1.53. The van der Waals surface area contributed by atoms with Crippen molar-refractivity contribution in [2.75, 3.05) is 5.32 Å². The van der Waals surface area contributed by atoms with Crippen LogP contribution < -0.4 is 5.32 Å². The predicted octanol–water partition coefficient (Wildman–Crippen LogP) is 2.78. The van der Waals surface area contributed by atoms with Crippen LogP contribution in [0.15, 0.2) is 48.5 Å². The molecule has 2 aromatic rings. The highest BCUT2D eigenvalue weighted by Crippen LogP contribution is 2.12. The minimum absolute atomic E-state index is 0.0994. The number of anilines is 1. The van der Waals surface area contributed by atoms with Gasteiger partial charge in [0.1, 0.15) is 5.82 Å². The van der Waals surface area contributed by atoms with Crippen LogP contribution in [0.1, 0.15) is 20.7 Å². The summed E-state index contributed by atoms with van der Waals surface area (Å²) in [6, 6.07) is 11.0. The zero-order valence-electron chi connectivity index (χ0n) is 9.76. The Morgan fingerprint density at radius 1 is 1.00 bits per heavy atom. The van der Waals surface area contributed by atoms with Crippen molar-refractivity contribution in [3.8, 4) is 0 Å². The van der Waals surface area contributed by atoms with E-state index >= 15 is 0 Å². The molecule has 0 heterocycles. The number of carboxylic acids is 1. The Bertz CT molecular complexity index is 623. The highest BCUT2D eigenvalue weighted by molar-refractivity contribution is 6.04. The lowest BCUT2D eigenvalue weighted by Crippen LogP contribution is -2.12. The van der Waals surface area contributed by atoms with Crippen LogP contribution in [0.2, 0.25) is 0 Å². The summed E-state index contributed by atoms with van der Waals surface area (Å²) in [5.41, 5.74) is 0.740. The van der Waals surface area contributed by atoms with Crippen molar-refractivity contribution in [2.24, 2.45) is 0 Å². The molecule has 0 unspecified atom stereocenters. The third-order valence-corrected chi connectivity index (χ3v) is 2.48. The number of hydrogen-bond acceptors (Lipinski definition) is 2. The fraction of sp³-hybridized carbons (Fsp3) is 0. The highest BCUT2D eigenvalue weighted by Gasteiger charge is 2.08. The largest absolute Gasteiger partial charge is 0.478 e. The lowest BCUT2D eigenvalue weighted by molar-refractivity contribution is 0.0696. The number of carbonyl (C=O) groups is 2. The van der Waals surface area contributed by atoms with Gasteiger partial charge in [0.25, 0.3) is 5.91 Å². The summed E-state index contributed by atoms with van der Waals surface area (Å²) >= 11 is 0. The standard InChI is InChI=1S/C14H10FNO3/c15-11-2-1-3-12(8-11)16-13(17)9-4-6-10(7-5-9)14(18)19/h1-8H,(H,16,17)(H,18,19). The lowest BCUT2D eigenvalue weighted by Gasteiger charge is -2.05. The molecule has 0 bridgehead atoms. The molecule has 0 saturated heterocycles. The van der Waals surface area contributed by atoms with Crippen molar-refractivity contribution < 1.29 is 19.1 Å². The van der Waals surface area contributed by atoms with Gasteiger partial charge in [-0.1, -0.05) is 6.07 Å². The number of hydrogen-bond donors (Lipinski definition) is 2. The second-order valence-electron chi connectivity index (χ2n) is 3.85. The zero-order valence-corrected chi connectivity index (χ0v) is 9.76. The van der Waals surface area contributed by atoms with Gasteiger partial charge in [0, 0.05) is 11.3 Å². The van der Waals surface area contributed by atoms with Crippen LogP contribution >= 0.6 is 0 Å². The first-order valence-corrected chi connectivity index (χ1v) is 5.46. The minimum atomic E-state index is -1.06. The Hall–Kier alpha value is -2.69. The molecule has 0 aliphatic rings. The lowest BCUT2D eigenvalue weighted by atomic mass is 10.1. The van der Waals surface area contributed by atoms with Crippen molar-refractivity contribution in [1.82, 2.24) is 0 Å². The summed E-state index contributed by atoms with van der Waals surface area (Å²) < 4.78 is 12.9. The van der Waals surface area contributed by atoms with Crippen molar-refractivity contribution in [3.63, 3.8) is 0 Å². The summed E-state index contributed by atoms with van der Waals surface area (Å²) in [7, 11) is 0. The molecule has 0 aliphatic carbocycles. The average Bonchev–Trinajstić information content (AvgIpc) is 2.39. The molecule has 0 radical (unpaired) electrons. The number of carbonyl (C=O) groups excluding carboxylic acids is 1. The van der Waals surface area contributed by atoms with Crippen LogP contribution in [0.5, 0.6) is 0 Å². The quantitative estimate of drug-likeness (QED) is 0.890. The van der Waals surface area contributed by atoms with Crippen LogP contribution in [0, 0.1) is 5.82 Å². The van der Waals surface area contributed by atoms with Gasteiger partial charge in [-0.25, -0.2) is 9.18 Å². The number of halogens is 1. The Morgan fingerprint density at radius 2 is 1.63 bits per heavy atom. The SMILES string of the molecule is O=C(O)c1ccc(C(=O)Nc2cccc(F)c2)cc1. The molecule has 0 spiro atoms. The number of amides is 1. The third kappa shape index (κ3) is 3.16. The smallest absolute Gasteiger partial charge is 0.335 e. The van der Waals surface area contributed by atoms with Crippen molar-refractivity contribution in [3.05, 3.63) is 65.5 Å². The Kier molecular flexibility index (Phi) is 3.56. The molecular weight excluding hydrogens is 249 g/mol. The molecule has 0 saturated carbocycles. The second kappa shape index (κ2) is 5.30. The maximum atomic E-state index is 12.9. The third-order valence-electron chi connectivity index (χ3n) is 2.48. The number of nitrogens with one attached hydrogen (secondary N) is 1. The first-order valence-electron chi connectivity index (χ1n) is 5.46. The zero-order chi connectivity index (χ0) is 13.8. The Balaban J connectivity index is 2.14. The van der Waals surface area contributed by atoms with Crippen molar-refractivity contribution in [1.29, 1.82) is 0 Å². The highest BCUT2D eigenvalue weighted by atomic mass is 19.1. The van der Waals surface area contributed by atoms with Crippen LogP contribution in [-0.2, 0) is 0 Å². The normalized spacial score (nSPS) is 9.95. The van der Waals surface area contributed by atoms with E-state index in [2.05, 4.69) is 5.32 Å². The molecule has 0 atom stereocenters. The number of aromatic carboxylic acids is 1. The van der Waals surface area contributed by atoms with Gasteiger partial charge in [-0.2, -0.15) is 0 Å². The Labute approximate surface area is 108 Å². The van der Waals surface area contributed by atoms with Gasteiger partial charge >= 0.3 is 5.97 Å². The number of benzene rings is 2. The summed E-state index contributed by atoms with van der Waals surface area (Å²) in [4.78, 5) is 22.5. The summed E-state index contributed by atoms with van der Waals surface area (Å²) in [5, 5.41) is 11.3. The molecule has 2 rings (SSSR count). The van der Waals surface area contributed by atoms with Crippen LogP contribution in [0.3, 0.4) is 0 Å². The molecule has 5 heteroatoms. The molecule has 2 N–H and O–H groups in total. The average molecular weight is 259 g/mol. The van der Waals surface area contributed by atoms with E-state index in [1.165, 1.54) is 42.5 Å². The molecule has 0 fully saturated rings. The summed E-state index contributed by atoms with van der Waals surface area (Å²) in [6.07, 6.45) is 0. The van der Waals surface area contributed by atoms with Crippen LogP contribution in [0.4, 0.5) is 10.1 Å². The molecular formula is C14H10FNO3. The maximum Gasteiger partial charge on any atom is 0.335 e. The van der Waals surface area contributed by atoms with Gasteiger partial charge in [0.15, 0.2) is 0 Å². The predicted molar refractivity (Wildman–Crippen MR) is 67.8 cm³/mol. The van der Waals surface area contributed by atoms with Gasteiger partial charge in [-0.3, -0.25) is 4.79 Å². The fourth-order valence-electron chi connectivity index (χ4n) is 1.53. The van der Waals surface area contributed by atoms with E-state index in [1.807, 2.05) is 0 Å². The molecule has 1 amide bonds.